The molecule has 0 radical (unpaired) electrons. The molecule has 1 heterocycles. The summed E-state index contributed by atoms with van der Waals surface area (Å²) >= 11 is 0. The average Bonchev–Trinajstić information content (AvgIpc) is 2.82. The minimum Gasteiger partial charge on any atom is -0.489 e. The monoisotopic (exact) mass is 447 g/mol. The maximum atomic E-state index is 11.1. The Labute approximate surface area is 196 Å². The van der Waals surface area contributed by atoms with E-state index in [4.69, 9.17) is 14.2 Å². The fraction of sp³-hybridized carbons (Fsp3) is 0.357. The van der Waals surface area contributed by atoms with Crippen LogP contribution in [-0.2, 0) is 17.8 Å². The minimum atomic E-state index is -0.694. The summed E-state index contributed by atoms with van der Waals surface area (Å²) in [6, 6.07) is 26.0. The van der Waals surface area contributed by atoms with E-state index in [1.807, 2.05) is 68.4 Å². The van der Waals surface area contributed by atoms with Crippen LogP contribution in [-0.4, -0.2) is 36.6 Å². The number of methoxy groups -OCH3 is 1. The third-order valence-electron chi connectivity index (χ3n) is 6.09. The Morgan fingerprint density at radius 2 is 1.64 bits per heavy atom. The van der Waals surface area contributed by atoms with Crippen molar-refractivity contribution in [3.8, 4) is 11.5 Å². The predicted molar refractivity (Wildman–Crippen MR) is 130 cm³/mol. The number of benzene rings is 3. The maximum absolute atomic E-state index is 11.1. The summed E-state index contributed by atoms with van der Waals surface area (Å²) in [6.07, 6.45) is 0.0694. The van der Waals surface area contributed by atoms with Gasteiger partial charge in [0.25, 0.3) is 0 Å². The van der Waals surface area contributed by atoms with E-state index in [0.29, 0.717) is 13.2 Å². The van der Waals surface area contributed by atoms with Crippen molar-refractivity contribution < 1.29 is 19.3 Å². The summed E-state index contributed by atoms with van der Waals surface area (Å²) < 4.78 is 17.5. The van der Waals surface area contributed by atoms with Crippen molar-refractivity contribution >= 4 is 0 Å². The van der Waals surface area contributed by atoms with E-state index in [-0.39, 0.29) is 12.1 Å². The molecule has 0 saturated heterocycles. The average molecular weight is 448 g/mol. The van der Waals surface area contributed by atoms with Gasteiger partial charge in [-0.2, -0.15) is 0 Å². The number of aliphatic hydroxyl groups excluding tert-OH is 1. The van der Waals surface area contributed by atoms with Crippen LogP contribution in [0.4, 0.5) is 0 Å². The molecular formula is C28H33NO4. The molecule has 174 valence electrons. The number of aliphatic hydroxyl groups is 1. The molecule has 0 aliphatic carbocycles. The van der Waals surface area contributed by atoms with Crippen LogP contribution in [0.25, 0.3) is 0 Å². The lowest BCUT2D eigenvalue weighted by Gasteiger charge is -2.43. The molecule has 1 aliphatic heterocycles. The molecule has 2 N–H and O–H groups in total. The zero-order chi connectivity index (χ0) is 23.3. The number of ether oxygens (including phenoxy) is 3. The minimum absolute atomic E-state index is 0.0210. The Bertz CT molecular complexity index is 1020. The van der Waals surface area contributed by atoms with Gasteiger partial charge in [-0.15, -0.1) is 0 Å². The number of hydrogen-bond acceptors (Lipinski definition) is 5. The van der Waals surface area contributed by atoms with Crippen LogP contribution >= 0.6 is 0 Å². The van der Waals surface area contributed by atoms with Crippen molar-refractivity contribution in [1.29, 1.82) is 0 Å². The summed E-state index contributed by atoms with van der Waals surface area (Å²) in [4.78, 5) is 0. The molecule has 3 atom stereocenters. The Balaban J connectivity index is 1.43. The van der Waals surface area contributed by atoms with Crippen LogP contribution in [0.1, 0.15) is 36.6 Å². The van der Waals surface area contributed by atoms with E-state index in [9.17, 15) is 5.11 Å². The number of rotatable bonds is 9. The van der Waals surface area contributed by atoms with E-state index in [0.717, 1.165) is 29.0 Å². The molecule has 3 aromatic rings. The second-order valence-corrected chi connectivity index (χ2v) is 9.11. The van der Waals surface area contributed by atoms with Crippen molar-refractivity contribution in [1.82, 2.24) is 5.32 Å². The smallest absolute Gasteiger partial charge is 0.131 e. The van der Waals surface area contributed by atoms with Gasteiger partial charge >= 0.3 is 0 Å². The zero-order valence-electron chi connectivity index (χ0n) is 19.5. The first-order chi connectivity index (χ1) is 16.0. The van der Waals surface area contributed by atoms with Crippen molar-refractivity contribution in [3.05, 3.63) is 95.6 Å². The summed E-state index contributed by atoms with van der Waals surface area (Å²) in [6.45, 7) is 4.91. The van der Waals surface area contributed by atoms with Gasteiger partial charge in [0.2, 0.25) is 0 Å². The van der Waals surface area contributed by atoms with Crippen molar-refractivity contribution in [2.75, 3.05) is 13.7 Å². The number of nitrogens with one attached hydrogen (secondary N) is 1. The lowest BCUT2D eigenvalue weighted by Crippen LogP contribution is -2.55. The van der Waals surface area contributed by atoms with Crippen LogP contribution in [0, 0.1) is 0 Å². The Hall–Kier alpha value is -2.86. The molecule has 0 bridgehead atoms. The Morgan fingerprint density at radius 3 is 2.36 bits per heavy atom. The molecule has 0 amide bonds. The van der Waals surface area contributed by atoms with E-state index in [2.05, 4.69) is 29.6 Å². The van der Waals surface area contributed by atoms with Crippen molar-refractivity contribution in [3.63, 3.8) is 0 Å². The maximum Gasteiger partial charge on any atom is 0.131 e. The second kappa shape index (κ2) is 10.4. The van der Waals surface area contributed by atoms with Crippen LogP contribution in [0.15, 0.2) is 78.9 Å². The third kappa shape index (κ3) is 5.74. The van der Waals surface area contributed by atoms with Gasteiger partial charge in [-0.1, -0.05) is 60.7 Å². The molecular weight excluding hydrogens is 414 g/mol. The van der Waals surface area contributed by atoms with Crippen molar-refractivity contribution in [2.45, 2.75) is 50.7 Å². The molecule has 0 aromatic heterocycles. The lowest BCUT2D eigenvalue weighted by atomic mass is 9.86. The van der Waals surface area contributed by atoms with E-state index >= 15 is 0 Å². The predicted octanol–water partition coefficient (Wildman–Crippen LogP) is 4.69. The van der Waals surface area contributed by atoms with E-state index < -0.39 is 11.7 Å². The van der Waals surface area contributed by atoms with Gasteiger partial charge in [-0.05, 0) is 49.6 Å². The molecule has 3 aromatic carbocycles. The van der Waals surface area contributed by atoms with Crippen LogP contribution in [0.2, 0.25) is 0 Å². The first-order valence-corrected chi connectivity index (χ1v) is 11.4. The Morgan fingerprint density at radius 1 is 0.939 bits per heavy atom. The first-order valence-electron chi connectivity index (χ1n) is 11.4. The zero-order valence-corrected chi connectivity index (χ0v) is 19.5. The third-order valence-corrected chi connectivity index (χ3v) is 6.09. The van der Waals surface area contributed by atoms with E-state index in [1.165, 1.54) is 5.56 Å². The van der Waals surface area contributed by atoms with Crippen LogP contribution < -0.4 is 14.8 Å². The molecule has 0 spiro atoms. The quantitative estimate of drug-likeness (QED) is 0.499. The van der Waals surface area contributed by atoms with Crippen LogP contribution in [0.3, 0.4) is 0 Å². The van der Waals surface area contributed by atoms with Gasteiger partial charge in [0.05, 0.1) is 12.6 Å². The molecule has 4 rings (SSSR count). The van der Waals surface area contributed by atoms with E-state index in [1.54, 1.807) is 7.11 Å². The largest absolute Gasteiger partial charge is 0.489 e. The molecule has 33 heavy (non-hydrogen) atoms. The summed E-state index contributed by atoms with van der Waals surface area (Å²) in [5.41, 5.74) is 2.59. The Kier molecular flexibility index (Phi) is 7.33. The second-order valence-electron chi connectivity index (χ2n) is 9.11. The van der Waals surface area contributed by atoms with Crippen molar-refractivity contribution in [2.24, 2.45) is 0 Å². The highest BCUT2D eigenvalue weighted by Gasteiger charge is 2.43. The number of fused-ring (bicyclic) bond motifs is 1. The van der Waals surface area contributed by atoms with Gasteiger partial charge in [0.1, 0.15) is 29.8 Å². The molecule has 0 fully saturated rings. The fourth-order valence-corrected chi connectivity index (χ4v) is 4.29. The SMILES string of the molecule is COCC(Cc1ccc(OCc2ccccc2)cc1)NC1c2ccccc2OC(C)(C)C1O. The lowest BCUT2D eigenvalue weighted by molar-refractivity contribution is -0.0678. The number of para-hydroxylation sites is 1. The van der Waals surface area contributed by atoms with Gasteiger partial charge < -0.3 is 24.6 Å². The molecule has 0 saturated carbocycles. The van der Waals surface area contributed by atoms with Gasteiger partial charge in [0.15, 0.2) is 0 Å². The number of hydrogen-bond donors (Lipinski definition) is 2. The fourth-order valence-electron chi connectivity index (χ4n) is 4.29. The normalized spacial score (nSPS) is 19.9. The summed E-state index contributed by atoms with van der Waals surface area (Å²) in [5.74, 6) is 1.65. The standard InChI is InChI=1S/C28H33NO4/c1-28(2)27(30)26(24-11-7-8-12-25(24)33-28)29-22(19-31-3)17-20-13-15-23(16-14-20)32-18-21-9-5-4-6-10-21/h4-16,22,26-27,29-30H,17-19H2,1-3H3. The highest BCUT2D eigenvalue weighted by molar-refractivity contribution is 5.40. The van der Waals surface area contributed by atoms with Gasteiger partial charge in [0, 0.05) is 18.7 Å². The molecule has 5 nitrogen and oxygen atoms in total. The van der Waals surface area contributed by atoms with Gasteiger partial charge in [-0.25, -0.2) is 0 Å². The highest BCUT2D eigenvalue weighted by atomic mass is 16.5. The molecule has 5 heteroatoms. The summed E-state index contributed by atoms with van der Waals surface area (Å²) in [7, 11) is 1.70. The summed E-state index contributed by atoms with van der Waals surface area (Å²) in [5, 5.41) is 14.7. The topological polar surface area (TPSA) is 60.0 Å². The van der Waals surface area contributed by atoms with Crippen LogP contribution in [0.5, 0.6) is 11.5 Å². The molecule has 1 aliphatic rings. The highest BCUT2D eigenvalue weighted by Crippen LogP contribution is 2.39. The first kappa shape index (κ1) is 23.3. The van der Waals surface area contributed by atoms with Gasteiger partial charge in [-0.3, -0.25) is 0 Å². The molecule has 3 unspecified atom stereocenters.